The Hall–Kier alpha value is -1.14. The number of hydrogen-bond donors (Lipinski definition) is 1. The molecule has 6 heteroatoms. The molecule has 1 N–H and O–H groups in total. The highest BCUT2D eigenvalue weighted by Crippen LogP contribution is 2.33. The summed E-state index contributed by atoms with van der Waals surface area (Å²) < 4.78 is 1.03. The van der Waals surface area contributed by atoms with Crippen LogP contribution in [-0.4, -0.2) is 22.0 Å². The van der Waals surface area contributed by atoms with E-state index in [1.54, 1.807) is 23.1 Å². The second kappa shape index (κ2) is 6.34. The summed E-state index contributed by atoms with van der Waals surface area (Å²) in [5.41, 5.74) is 2.14. The van der Waals surface area contributed by atoms with Crippen LogP contribution in [0, 0.1) is 13.8 Å². The summed E-state index contributed by atoms with van der Waals surface area (Å²) in [7, 11) is 1.90. The SMILES string of the molecule is CCCc1nc(NC)c(C)c(Sc2nc(C)cs2)n1. The van der Waals surface area contributed by atoms with E-state index in [4.69, 9.17) is 0 Å². The first-order chi connectivity index (χ1) is 9.13. The molecule has 0 bridgehead atoms. The zero-order valence-electron chi connectivity index (χ0n) is 11.6. The predicted molar refractivity (Wildman–Crippen MR) is 81.3 cm³/mol. The van der Waals surface area contributed by atoms with E-state index in [2.05, 4.69) is 32.6 Å². The average Bonchev–Trinajstić information content (AvgIpc) is 2.79. The van der Waals surface area contributed by atoms with E-state index < -0.39 is 0 Å². The Bertz CT molecular complexity index is 566. The van der Waals surface area contributed by atoms with Crippen LogP contribution in [0.5, 0.6) is 0 Å². The Labute approximate surface area is 122 Å². The van der Waals surface area contributed by atoms with Crippen molar-refractivity contribution in [2.24, 2.45) is 0 Å². The molecule has 102 valence electrons. The number of nitrogens with zero attached hydrogens (tertiary/aromatic N) is 3. The van der Waals surface area contributed by atoms with E-state index in [-0.39, 0.29) is 0 Å². The van der Waals surface area contributed by atoms with E-state index in [1.165, 1.54) is 0 Å². The maximum absolute atomic E-state index is 4.65. The molecule has 0 saturated carbocycles. The minimum absolute atomic E-state index is 0.897. The molecule has 2 aromatic rings. The molecule has 0 saturated heterocycles. The molecule has 0 fully saturated rings. The van der Waals surface area contributed by atoms with Gasteiger partial charge in [0.1, 0.15) is 16.7 Å². The maximum atomic E-state index is 4.65. The van der Waals surface area contributed by atoms with Crippen molar-refractivity contribution in [1.29, 1.82) is 0 Å². The quantitative estimate of drug-likeness (QED) is 0.852. The van der Waals surface area contributed by atoms with Crippen molar-refractivity contribution in [2.75, 3.05) is 12.4 Å². The van der Waals surface area contributed by atoms with Crippen molar-refractivity contribution in [2.45, 2.75) is 43.0 Å². The molecule has 4 nitrogen and oxygen atoms in total. The second-order valence-corrected chi connectivity index (χ2v) is 6.37. The molecule has 0 amide bonds. The van der Waals surface area contributed by atoms with Gasteiger partial charge in [-0.3, -0.25) is 0 Å². The first-order valence-corrected chi connectivity index (χ1v) is 7.99. The lowest BCUT2D eigenvalue weighted by Gasteiger charge is -2.10. The van der Waals surface area contributed by atoms with Gasteiger partial charge in [-0.05, 0) is 32.0 Å². The number of rotatable bonds is 5. The molecule has 0 radical (unpaired) electrons. The number of hydrogen-bond acceptors (Lipinski definition) is 6. The van der Waals surface area contributed by atoms with E-state index in [1.807, 2.05) is 20.9 Å². The lowest BCUT2D eigenvalue weighted by Crippen LogP contribution is -2.04. The molecule has 0 aromatic carbocycles. The lowest BCUT2D eigenvalue weighted by atomic mass is 10.3. The number of aromatic nitrogens is 3. The van der Waals surface area contributed by atoms with Gasteiger partial charge in [0.2, 0.25) is 0 Å². The summed E-state index contributed by atoms with van der Waals surface area (Å²) in [5, 5.41) is 6.20. The van der Waals surface area contributed by atoms with Crippen LogP contribution in [-0.2, 0) is 6.42 Å². The largest absolute Gasteiger partial charge is 0.373 e. The third-order valence-corrected chi connectivity index (χ3v) is 4.79. The Morgan fingerprint density at radius 3 is 2.63 bits per heavy atom. The highest BCUT2D eigenvalue weighted by molar-refractivity contribution is 8.01. The molecule has 2 rings (SSSR count). The van der Waals surface area contributed by atoms with Gasteiger partial charge in [0, 0.05) is 30.1 Å². The van der Waals surface area contributed by atoms with E-state index in [0.29, 0.717) is 0 Å². The van der Waals surface area contributed by atoms with E-state index in [9.17, 15) is 0 Å². The molecule has 2 heterocycles. The van der Waals surface area contributed by atoms with Crippen molar-refractivity contribution in [3.8, 4) is 0 Å². The van der Waals surface area contributed by atoms with Crippen molar-refractivity contribution >= 4 is 28.9 Å². The normalized spacial score (nSPS) is 10.7. The summed E-state index contributed by atoms with van der Waals surface area (Å²) in [6, 6.07) is 0. The Morgan fingerprint density at radius 2 is 2.05 bits per heavy atom. The van der Waals surface area contributed by atoms with E-state index >= 15 is 0 Å². The topological polar surface area (TPSA) is 50.7 Å². The molecule has 0 aliphatic heterocycles. The Kier molecular flexibility index (Phi) is 4.76. The zero-order valence-corrected chi connectivity index (χ0v) is 13.3. The van der Waals surface area contributed by atoms with Gasteiger partial charge in [0.05, 0.1) is 0 Å². The second-order valence-electron chi connectivity index (χ2n) is 4.28. The third-order valence-electron chi connectivity index (χ3n) is 2.64. The van der Waals surface area contributed by atoms with Crippen LogP contribution in [0.3, 0.4) is 0 Å². The molecule has 0 spiro atoms. The minimum atomic E-state index is 0.897. The molecule has 19 heavy (non-hydrogen) atoms. The van der Waals surface area contributed by atoms with Gasteiger partial charge in [-0.25, -0.2) is 15.0 Å². The summed E-state index contributed by atoms with van der Waals surface area (Å²) >= 11 is 3.28. The van der Waals surface area contributed by atoms with Crippen molar-refractivity contribution in [3.05, 3.63) is 22.5 Å². The van der Waals surface area contributed by atoms with Crippen molar-refractivity contribution in [1.82, 2.24) is 15.0 Å². The molecular formula is C13H18N4S2. The van der Waals surface area contributed by atoms with Gasteiger partial charge in [-0.1, -0.05) is 6.92 Å². The van der Waals surface area contributed by atoms with Crippen LogP contribution in [0.25, 0.3) is 0 Å². The third kappa shape index (κ3) is 3.45. The first-order valence-electron chi connectivity index (χ1n) is 6.29. The fraction of sp³-hybridized carbons (Fsp3) is 0.462. The van der Waals surface area contributed by atoms with Crippen molar-refractivity contribution < 1.29 is 0 Å². The van der Waals surface area contributed by atoms with Gasteiger partial charge in [0.25, 0.3) is 0 Å². The Balaban J connectivity index is 2.34. The van der Waals surface area contributed by atoms with Crippen LogP contribution in [0.1, 0.15) is 30.4 Å². The highest BCUT2D eigenvalue weighted by atomic mass is 32.2. The van der Waals surface area contributed by atoms with Crippen LogP contribution >= 0.6 is 23.1 Å². The molecule has 0 atom stereocenters. The fourth-order valence-electron chi connectivity index (χ4n) is 1.68. The molecule has 2 aromatic heterocycles. The average molecular weight is 294 g/mol. The summed E-state index contributed by atoms with van der Waals surface area (Å²) in [5.74, 6) is 1.81. The van der Waals surface area contributed by atoms with Crippen LogP contribution in [0.15, 0.2) is 14.7 Å². The lowest BCUT2D eigenvalue weighted by molar-refractivity contribution is 0.803. The summed E-state index contributed by atoms with van der Waals surface area (Å²) in [6.07, 6.45) is 1.95. The predicted octanol–water partition coefficient (Wildman–Crippen LogP) is 3.70. The van der Waals surface area contributed by atoms with Gasteiger partial charge < -0.3 is 5.32 Å². The van der Waals surface area contributed by atoms with Crippen molar-refractivity contribution in [3.63, 3.8) is 0 Å². The van der Waals surface area contributed by atoms with Crippen LogP contribution in [0.4, 0.5) is 5.82 Å². The number of anilines is 1. The Morgan fingerprint density at radius 1 is 1.26 bits per heavy atom. The molecule has 0 unspecified atom stereocenters. The first kappa shape index (κ1) is 14.3. The maximum Gasteiger partial charge on any atom is 0.156 e. The highest BCUT2D eigenvalue weighted by Gasteiger charge is 2.12. The van der Waals surface area contributed by atoms with Gasteiger partial charge in [-0.15, -0.1) is 11.3 Å². The molecular weight excluding hydrogens is 276 g/mol. The summed E-state index contributed by atoms with van der Waals surface area (Å²) in [4.78, 5) is 13.7. The molecule has 0 aliphatic rings. The number of aryl methyl sites for hydroxylation is 2. The van der Waals surface area contributed by atoms with Crippen LogP contribution in [0.2, 0.25) is 0 Å². The standard InChI is InChI=1S/C13H18N4S2/c1-5-6-10-16-11(14-4)9(3)12(17-10)19-13-15-8(2)7-18-13/h7H,5-6H2,1-4H3,(H,14,16,17). The zero-order chi connectivity index (χ0) is 13.8. The molecule has 0 aliphatic carbocycles. The van der Waals surface area contributed by atoms with Gasteiger partial charge in [0.15, 0.2) is 4.34 Å². The fourth-order valence-corrected chi connectivity index (χ4v) is 3.53. The van der Waals surface area contributed by atoms with Gasteiger partial charge >= 0.3 is 0 Å². The summed E-state index contributed by atoms with van der Waals surface area (Å²) in [6.45, 7) is 6.19. The van der Waals surface area contributed by atoms with E-state index in [0.717, 1.165) is 45.1 Å². The minimum Gasteiger partial charge on any atom is -0.373 e. The smallest absolute Gasteiger partial charge is 0.156 e. The van der Waals surface area contributed by atoms with Gasteiger partial charge in [-0.2, -0.15) is 0 Å². The van der Waals surface area contributed by atoms with Crippen LogP contribution < -0.4 is 5.32 Å². The number of nitrogens with one attached hydrogen (secondary N) is 1. The monoisotopic (exact) mass is 294 g/mol. The number of thiazole rings is 1.